The Hall–Kier alpha value is -2.96. The van der Waals surface area contributed by atoms with E-state index in [0.717, 1.165) is 0 Å². The van der Waals surface area contributed by atoms with Crippen LogP contribution in [-0.2, 0) is 9.53 Å². The fraction of sp³-hybridized carbons (Fsp3) is 0.143. The van der Waals surface area contributed by atoms with E-state index in [9.17, 15) is 9.59 Å². The Balaban J connectivity index is 2.07. The summed E-state index contributed by atoms with van der Waals surface area (Å²) >= 11 is 12.5. The Morgan fingerprint density at radius 2 is 2.00 bits per heavy atom. The van der Waals surface area contributed by atoms with Crippen molar-refractivity contribution in [1.29, 1.82) is 0 Å². The van der Waals surface area contributed by atoms with Gasteiger partial charge >= 0.3 is 5.97 Å². The molecule has 29 heavy (non-hydrogen) atoms. The molecule has 1 atom stereocenters. The monoisotopic (exact) mass is 430 g/mol. The molecular formula is C21H16Cl2N2O4. The minimum Gasteiger partial charge on any atom is -0.462 e. The number of nitrogens with two attached hydrogens (primary N) is 1. The molecule has 0 saturated heterocycles. The van der Waals surface area contributed by atoms with Gasteiger partial charge in [0.25, 0.3) is 5.56 Å². The number of carbonyl (C=O) groups is 1. The van der Waals surface area contributed by atoms with Crippen LogP contribution >= 0.6 is 23.2 Å². The van der Waals surface area contributed by atoms with Gasteiger partial charge in [-0.15, -0.1) is 0 Å². The van der Waals surface area contributed by atoms with Crippen LogP contribution in [0.15, 0.2) is 58.7 Å². The number of aromatic amines is 1. The van der Waals surface area contributed by atoms with Crippen LogP contribution in [0.5, 0.6) is 5.75 Å². The van der Waals surface area contributed by atoms with Crippen molar-refractivity contribution in [1.82, 2.24) is 4.98 Å². The number of benzene rings is 2. The number of pyridine rings is 1. The number of H-pyrrole nitrogens is 1. The minimum absolute atomic E-state index is 0.0179. The fourth-order valence-electron chi connectivity index (χ4n) is 3.53. The maximum Gasteiger partial charge on any atom is 0.340 e. The second-order valence-corrected chi connectivity index (χ2v) is 7.29. The minimum atomic E-state index is -0.879. The summed E-state index contributed by atoms with van der Waals surface area (Å²) in [6.07, 6.45) is 0. The molecule has 2 heterocycles. The lowest BCUT2D eigenvalue weighted by Gasteiger charge is -2.29. The van der Waals surface area contributed by atoms with Crippen LogP contribution in [0.4, 0.5) is 0 Å². The second kappa shape index (κ2) is 7.46. The zero-order chi connectivity index (χ0) is 20.7. The summed E-state index contributed by atoms with van der Waals surface area (Å²) in [6.45, 7) is 1.81. The van der Waals surface area contributed by atoms with Crippen molar-refractivity contribution < 1.29 is 14.3 Å². The number of ether oxygens (including phenoxy) is 2. The van der Waals surface area contributed by atoms with Crippen LogP contribution in [0, 0.1) is 0 Å². The maximum absolute atomic E-state index is 13.1. The molecule has 0 fully saturated rings. The normalized spacial score (nSPS) is 15.8. The highest BCUT2D eigenvalue weighted by Gasteiger charge is 2.39. The number of carbonyl (C=O) groups excluding carboxylic acids is 1. The number of para-hydroxylation sites is 1. The average molecular weight is 431 g/mol. The van der Waals surface area contributed by atoms with Crippen LogP contribution in [0.1, 0.15) is 24.0 Å². The summed E-state index contributed by atoms with van der Waals surface area (Å²) in [5.74, 6) is -1.41. The third kappa shape index (κ3) is 3.24. The predicted molar refractivity (Wildman–Crippen MR) is 111 cm³/mol. The summed E-state index contributed by atoms with van der Waals surface area (Å²) in [6, 6.07) is 12.0. The SMILES string of the molecule is CCOC(=O)C1=C(N)Oc2c(c(=O)[nH]c3ccccc23)C1c1ccc(Cl)cc1Cl. The molecule has 6 nitrogen and oxygen atoms in total. The van der Waals surface area contributed by atoms with E-state index in [1.807, 2.05) is 6.07 Å². The number of halogens is 2. The predicted octanol–water partition coefficient (Wildman–Crippen LogP) is 4.09. The lowest BCUT2D eigenvalue weighted by atomic mass is 9.83. The quantitative estimate of drug-likeness (QED) is 0.610. The van der Waals surface area contributed by atoms with Gasteiger partial charge in [0.2, 0.25) is 5.88 Å². The highest BCUT2D eigenvalue weighted by atomic mass is 35.5. The van der Waals surface area contributed by atoms with Gasteiger partial charge < -0.3 is 20.2 Å². The number of fused-ring (bicyclic) bond motifs is 3. The Morgan fingerprint density at radius 1 is 1.24 bits per heavy atom. The van der Waals surface area contributed by atoms with Gasteiger partial charge in [-0.05, 0) is 36.8 Å². The molecule has 0 radical (unpaired) electrons. The van der Waals surface area contributed by atoms with Crippen molar-refractivity contribution in [2.75, 3.05) is 6.61 Å². The second-order valence-electron chi connectivity index (χ2n) is 6.44. The summed E-state index contributed by atoms with van der Waals surface area (Å²) in [7, 11) is 0. The van der Waals surface area contributed by atoms with Gasteiger partial charge in [0, 0.05) is 15.4 Å². The first-order chi connectivity index (χ1) is 13.9. The Morgan fingerprint density at radius 3 is 2.72 bits per heavy atom. The van der Waals surface area contributed by atoms with E-state index in [2.05, 4.69) is 4.98 Å². The zero-order valence-corrected chi connectivity index (χ0v) is 16.8. The Kier molecular flexibility index (Phi) is 4.98. The van der Waals surface area contributed by atoms with E-state index >= 15 is 0 Å². The third-order valence-electron chi connectivity index (χ3n) is 4.73. The first-order valence-corrected chi connectivity index (χ1v) is 9.62. The van der Waals surface area contributed by atoms with Crippen LogP contribution in [0.3, 0.4) is 0 Å². The van der Waals surface area contributed by atoms with Gasteiger partial charge in [-0.2, -0.15) is 0 Å². The molecule has 0 amide bonds. The van der Waals surface area contributed by atoms with Crippen molar-refractivity contribution in [2.24, 2.45) is 5.73 Å². The number of esters is 1. The van der Waals surface area contributed by atoms with Crippen molar-refractivity contribution >= 4 is 40.1 Å². The number of rotatable bonds is 3. The molecule has 0 spiro atoms. The molecule has 0 aliphatic carbocycles. The summed E-state index contributed by atoms with van der Waals surface area (Å²) < 4.78 is 11.0. The average Bonchev–Trinajstić information content (AvgIpc) is 2.67. The van der Waals surface area contributed by atoms with Crippen LogP contribution in [0.25, 0.3) is 10.9 Å². The fourth-order valence-corrected chi connectivity index (χ4v) is 4.04. The molecule has 2 aromatic carbocycles. The Labute approximate surface area is 175 Å². The molecule has 8 heteroatoms. The van der Waals surface area contributed by atoms with Gasteiger partial charge in [0.1, 0.15) is 11.3 Å². The van der Waals surface area contributed by atoms with Crippen molar-refractivity contribution in [2.45, 2.75) is 12.8 Å². The number of nitrogens with one attached hydrogen (secondary N) is 1. The van der Waals surface area contributed by atoms with Gasteiger partial charge in [0.15, 0.2) is 0 Å². The smallest absolute Gasteiger partial charge is 0.340 e. The van der Waals surface area contributed by atoms with Crippen molar-refractivity contribution in [3.63, 3.8) is 0 Å². The highest BCUT2D eigenvalue weighted by Crippen LogP contribution is 2.45. The highest BCUT2D eigenvalue weighted by molar-refractivity contribution is 6.35. The van der Waals surface area contributed by atoms with Gasteiger partial charge in [0.05, 0.1) is 23.6 Å². The van der Waals surface area contributed by atoms with Crippen LogP contribution in [-0.4, -0.2) is 17.6 Å². The lowest BCUT2D eigenvalue weighted by molar-refractivity contribution is -0.139. The molecular weight excluding hydrogens is 415 g/mol. The van der Waals surface area contributed by atoms with E-state index in [-0.39, 0.29) is 34.4 Å². The largest absolute Gasteiger partial charge is 0.462 e. The molecule has 3 N–H and O–H groups in total. The van der Waals surface area contributed by atoms with Crippen LogP contribution < -0.4 is 16.0 Å². The molecule has 3 aromatic rings. The maximum atomic E-state index is 13.1. The molecule has 0 saturated carbocycles. The summed E-state index contributed by atoms with van der Waals surface area (Å²) in [5.41, 5.74) is 7.06. The zero-order valence-electron chi connectivity index (χ0n) is 15.3. The van der Waals surface area contributed by atoms with E-state index in [4.69, 9.17) is 38.4 Å². The van der Waals surface area contributed by atoms with Crippen molar-refractivity contribution in [3.8, 4) is 5.75 Å². The van der Waals surface area contributed by atoms with Crippen molar-refractivity contribution in [3.05, 3.63) is 85.4 Å². The summed E-state index contributed by atoms with van der Waals surface area (Å²) in [4.78, 5) is 28.6. The van der Waals surface area contributed by atoms with E-state index < -0.39 is 17.4 Å². The topological polar surface area (TPSA) is 94.4 Å². The summed E-state index contributed by atoms with van der Waals surface area (Å²) in [5, 5.41) is 1.37. The van der Waals surface area contributed by atoms with E-state index in [0.29, 0.717) is 21.5 Å². The number of hydrogen-bond acceptors (Lipinski definition) is 5. The Bertz CT molecular complexity index is 1230. The molecule has 1 unspecified atom stereocenters. The lowest BCUT2D eigenvalue weighted by Crippen LogP contribution is -2.32. The van der Waals surface area contributed by atoms with Gasteiger partial charge in [-0.1, -0.05) is 41.4 Å². The number of aromatic nitrogens is 1. The van der Waals surface area contributed by atoms with Gasteiger partial charge in [-0.25, -0.2) is 4.79 Å². The standard InChI is InChI=1S/C21H16Cl2N2O4/c1-2-28-21(27)17-15(11-8-7-10(22)9-13(11)23)16-18(29-19(17)24)12-5-3-4-6-14(12)25-20(16)26/h3-9,15H,2,24H2,1H3,(H,25,26). The van der Waals surface area contributed by atoms with Crippen LogP contribution in [0.2, 0.25) is 10.0 Å². The first kappa shape index (κ1) is 19.4. The molecule has 0 bridgehead atoms. The third-order valence-corrected chi connectivity index (χ3v) is 5.30. The molecule has 1 aliphatic heterocycles. The van der Waals surface area contributed by atoms with E-state index in [1.165, 1.54) is 0 Å². The molecule has 1 aliphatic rings. The van der Waals surface area contributed by atoms with Gasteiger partial charge in [-0.3, -0.25) is 4.79 Å². The van der Waals surface area contributed by atoms with E-state index in [1.54, 1.807) is 43.3 Å². The molecule has 1 aromatic heterocycles. The molecule has 4 rings (SSSR count). The number of hydrogen-bond donors (Lipinski definition) is 2. The molecule has 148 valence electrons. The first-order valence-electron chi connectivity index (χ1n) is 8.86.